The molecule has 1 heterocycles. The number of ether oxygens (including phenoxy) is 1. The van der Waals surface area contributed by atoms with Crippen LogP contribution >= 0.6 is 0 Å². The van der Waals surface area contributed by atoms with Gasteiger partial charge in [-0.15, -0.1) is 0 Å². The van der Waals surface area contributed by atoms with Gasteiger partial charge in [0, 0.05) is 32.8 Å². The molecule has 3 nitrogen and oxygen atoms in total. The van der Waals surface area contributed by atoms with Crippen LogP contribution in [0.3, 0.4) is 0 Å². The summed E-state index contributed by atoms with van der Waals surface area (Å²) in [6.45, 7) is 4.52. The molecule has 116 valence electrons. The van der Waals surface area contributed by atoms with Crippen molar-refractivity contribution in [1.82, 2.24) is 10.2 Å². The molecule has 0 amide bonds. The predicted octanol–water partition coefficient (Wildman–Crippen LogP) is 2.59. The largest absolute Gasteiger partial charge is 0.381 e. The summed E-state index contributed by atoms with van der Waals surface area (Å²) in [5.74, 6) is 0. The maximum Gasteiger partial charge on any atom is 0.0595 e. The third kappa shape index (κ3) is 4.80. The summed E-state index contributed by atoms with van der Waals surface area (Å²) in [7, 11) is 1.83. The van der Waals surface area contributed by atoms with Gasteiger partial charge in [0.15, 0.2) is 0 Å². The van der Waals surface area contributed by atoms with Crippen LogP contribution in [0.5, 0.6) is 0 Å². The van der Waals surface area contributed by atoms with E-state index >= 15 is 0 Å². The number of likely N-dealkylation sites (tertiary alicyclic amines) is 1. The lowest BCUT2D eigenvalue weighted by molar-refractivity contribution is 0.0388. The molecular formula is C18H28N2O. The number of nitrogens with one attached hydrogen (secondary N) is 1. The summed E-state index contributed by atoms with van der Waals surface area (Å²) in [5.41, 5.74) is 2.88. The minimum Gasteiger partial charge on any atom is -0.381 e. The van der Waals surface area contributed by atoms with Gasteiger partial charge in [-0.05, 0) is 49.8 Å². The van der Waals surface area contributed by atoms with Crippen LogP contribution in [0.2, 0.25) is 0 Å². The summed E-state index contributed by atoms with van der Waals surface area (Å²) in [6, 6.07) is 10.0. The second kappa shape index (κ2) is 7.39. The zero-order valence-corrected chi connectivity index (χ0v) is 13.2. The van der Waals surface area contributed by atoms with Crippen molar-refractivity contribution >= 4 is 0 Å². The van der Waals surface area contributed by atoms with Crippen LogP contribution in [0.15, 0.2) is 24.3 Å². The number of hydrogen-bond donors (Lipinski definition) is 1. The van der Waals surface area contributed by atoms with E-state index in [9.17, 15) is 0 Å². The van der Waals surface area contributed by atoms with E-state index in [1.54, 1.807) is 0 Å². The Hall–Kier alpha value is -0.900. The SMILES string of the molecule is COC1CCN(Cc2ccc(CCNC3CC3)cc2)CC1. The zero-order chi connectivity index (χ0) is 14.5. The first-order chi connectivity index (χ1) is 10.3. The van der Waals surface area contributed by atoms with Crippen molar-refractivity contribution in [2.24, 2.45) is 0 Å². The van der Waals surface area contributed by atoms with Gasteiger partial charge in [0.1, 0.15) is 0 Å². The quantitative estimate of drug-likeness (QED) is 0.834. The summed E-state index contributed by atoms with van der Waals surface area (Å²) in [5, 5.41) is 3.57. The zero-order valence-electron chi connectivity index (χ0n) is 13.2. The van der Waals surface area contributed by atoms with Gasteiger partial charge < -0.3 is 10.1 Å². The van der Waals surface area contributed by atoms with Crippen LogP contribution in [0.25, 0.3) is 0 Å². The van der Waals surface area contributed by atoms with Crippen LogP contribution < -0.4 is 5.32 Å². The van der Waals surface area contributed by atoms with Crippen molar-refractivity contribution in [3.63, 3.8) is 0 Å². The molecule has 0 atom stereocenters. The normalized spacial score (nSPS) is 20.8. The molecule has 3 rings (SSSR count). The van der Waals surface area contributed by atoms with Gasteiger partial charge in [0.2, 0.25) is 0 Å². The molecule has 0 unspecified atom stereocenters. The van der Waals surface area contributed by atoms with Crippen LogP contribution in [0.1, 0.15) is 36.8 Å². The van der Waals surface area contributed by atoms with E-state index in [0.717, 1.165) is 38.6 Å². The third-order valence-electron chi connectivity index (χ3n) is 4.72. The molecular weight excluding hydrogens is 260 g/mol. The summed E-state index contributed by atoms with van der Waals surface area (Å²) < 4.78 is 5.43. The van der Waals surface area contributed by atoms with Crippen molar-refractivity contribution < 1.29 is 4.74 Å². The molecule has 1 aromatic carbocycles. The molecule has 1 aromatic rings. The molecule has 1 saturated heterocycles. The average Bonchev–Trinajstić information content (AvgIpc) is 3.34. The van der Waals surface area contributed by atoms with Gasteiger partial charge in [-0.3, -0.25) is 4.90 Å². The maximum absolute atomic E-state index is 5.43. The van der Waals surface area contributed by atoms with Crippen molar-refractivity contribution in [3.05, 3.63) is 35.4 Å². The molecule has 3 heteroatoms. The highest BCUT2D eigenvalue weighted by Crippen LogP contribution is 2.19. The molecule has 0 spiro atoms. The van der Waals surface area contributed by atoms with Crippen molar-refractivity contribution in [2.45, 2.75) is 50.8 Å². The van der Waals surface area contributed by atoms with E-state index in [-0.39, 0.29) is 0 Å². The summed E-state index contributed by atoms with van der Waals surface area (Å²) in [6.07, 6.45) is 6.71. The number of methoxy groups -OCH3 is 1. The van der Waals surface area contributed by atoms with E-state index in [1.807, 2.05) is 7.11 Å². The van der Waals surface area contributed by atoms with E-state index in [2.05, 4.69) is 34.5 Å². The Labute approximate surface area is 128 Å². The van der Waals surface area contributed by atoms with Gasteiger partial charge >= 0.3 is 0 Å². The minimum absolute atomic E-state index is 0.475. The summed E-state index contributed by atoms with van der Waals surface area (Å²) in [4.78, 5) is 2.54. The molecule has 21 heavy (non-hydrogen) atoms. The molecule has 0 radical (unpaired) electrons. The summed E-state index contributed by atoms with van der Waals surface area (Å²) >= 11 is 0. The first kappa shape index (κ1) is 15.0. The standard InChI is InChI=1S/C18H28N2O/c1-21-18-9-12-20(13-10-18)14-16-4-2-15(3-5-16)8-11-19-17-6-7-17/h2-5,17-19H,6-14H2,1H3. The van der Waals surface area contributed by atoms with E-state index in [0.29, 0.717) is 6.10 Å². The molecule has 2 fully saturated rings. The maximum atomic E-state index is 5.43. The number of nitrogens with zero attached hydrogens (tertiary/aromatic N) is 1. The van der Waals surface area contributed by atoms with Gasteiger partial charge in [-0.1, -0.05) is 24.3 Å². The number of hydrogen-bond acceptors (Lipinski definition) is 3. The van der Waals surface area contributed by atoms with Crippen LogP contribution in [0, 0.1) is 0 Å². The second-order valence-electron chi connectivity index (χ2n) is 6.51. The van der Waals surface area contributed by atoms with Gasteiger partial charge in [0.05, 0.1) is 6.10 Å². The highest BCUT2D eigenvalue weighted by Gasteiger charge is 2.20. The number of benzene rings is 1. The van der Waals surface area contributed by atoms with Crippen molar-refractivity contribution in [3.8, 4) is 0 Å². The van der Waals surface area contributed by atoms with Crippen LogP contribution in [-0.4, -0.2) is 43.8 Å². The van der Waals surface area contributed by atoms with E-state index < -0.39 is 0 Å². The third-order valence-corrected chi connectivity index (χ3v) is 4.72. The fourth-order valence-electron chi connectivity index (χ4n) is 3.08. The Morgan fingerprint density at radius 1 is 1.05 bits per heavy atom. The average molecular weight is 288 g/mol. The topological polar surface area (TPSA) is 24.5 Å². The lowest BCUT2D eigenvalue weighted by Gasteiger charge is -2.31. The smallest absolute Gasteiger partial charge is 0.0595 e. The van der Waals surface area contributed by atoms with E-state index in [4.69, 9.17) is 4.74 Å². The molecule has 2 aliphatic rings. The molecule has 1 N–H and O–H groups in total. The number of rotatable bonds is 7. The molecule has 1 aliphatic heterocycles. The van der Waals surface area contributed by atoms with Gasteiger partial charge in [-0.25, -0.2) is 0 Å². The fraction of sp³-hybridized carbons (Fsp3) is 0.667. The fourth-order valence-corrected chi connectivity index (χ4v) is 3.08. The first-order valence-corrected chi connectivity index (χ1v) is 8.40. The lowest BCUT2D eigenvalue weighted by Crippen LogP contribution is -2.36. The second-order valence-corrected chi connectivity index (χ2v) is 6.51. The molecule has 1 saturated carbocycles. The molecule has 0 bridgehead atoms. The van der Waals surface area contributed by atoms with Gasteiger partial charge in [0.25, 0.3) is 0 Å². The van der Waals surface area contributed by atoms with E-state index in [1.165, 1.54) is 36.8 Å². The van der Waals surface area contributed by atoms with Crippen molar-refractivity contribution in [2.75, 3.05) is 26.7 Å². The Kier molecular flexibility index (Phi) is 5.28. The van der Waals surface area contributed by atoms with Crippen LogP contribution in [0.4, 0.5) is 0 Å². The monoisotopic (exact) mass is 288 g/mol. The minimum atomic E-state index is 0.475. The first-order valence-electron chi connectivity index (χ1n) is 8.40. The Morgan fingerprint density at radius 2 is 1.71 bits per heavy atom. The Bertz CT molecular complexity index is 419. The number of piperidine rings is 1. The highest BCUT2D eigenvalue weighted by atomic mass is 16.5. The molecule has 0 aromatic heterocycles. The lowest BCUT2D eigenvalue weighted by atomic mass is 10.1. The van der Waals surface area contributed by atoms with Crippen molar-refractivity contribution in [1.29, 1.82) is 0 Å². The molecule has 1 aliphatic carbocycles. The van der Waals surface area contributed by atoms with Gasteiger partial charge in [-0.2, -0.15) is 0 Å². The Balaban J connectivity index is 1.41. The van der Waals surface area contributed by atoms with Crippen LogP contribution in [-0.2, 0) is 17.7 Å². The predicted molar refractivity (Wildman–Crippen MR) is 86.5 cm³/mol. The highest BCUT2D eigenvalue weighted by molar-refractivity contribution is 5.22. The Morgan fingerprint density at radius 3 is 2.33 bits per heavy atom.